The highest BCUT2D eigenvalue weighted by Gasteiger charge is 2.21. The molecule has 0 fully saturated rings. The molecule has 0 amide bonds. The second-order valence-electron chi connectivity index (χ2n) is 6.67. The Morgan fingerprint density at radius 2 is 1.96 bits per heavy atom. The maximum Gasteiger partial charge on any atom is 0.342 e. The number of phenols is 1. The number of phenolic OH excluding ortho intramolecular Hbond substituents is 1. The lowest BCUT2D eigenvalue weighted by Gasteiger charge is -2.20. The number of carbonyl (C=O) groups excluding carboxylic acids is 1. The second-order valence-corrected chi connectivity index (χ2v) is 7.99. The van der Waals surface area contributed by atoms with Crippen molar-refractivity contribution < 1.29 is 19.4 Å². The summed E-state index contributed by atoms with van der Waals surface area (Å²) in [5, 5.41) is 13.5. The predicted molar refractivity (Wildman–Crippen MR) is 106 cm³/mol. The molecule has 0 aliphatic rings. The minimum absolute atomic E-state index is 0.0275. The minimum Gasteiger partial charge on any atom is -0.506 e. The molecule has 5 nitrogen and oxygen atoms in total. The number of methoxy groups -OCH3 is 1. The lowest BCUT2D eigenvalue weighted by molar-refractivity contribution is 0.00666. The molecule has 7 heteroatoms. The molecule has 2 aromatic carbocycles. The van der Waals surface area contributed by atoms with Gasteiger partial charge in [-0.05, 0) is 45.0 Å². The lowest BCUT2D eigenvalue weighted by Crippen LogP contribution is -2.24. The first-order valence-electron chi connectivity index (χ1n) is 7.93. The summed E-state index contributed by atoms with van der Waals surface area (Å²) in [6, 6.07) is 8.50. The molecule has 0 bridgehead atoms. The van der Waals surface area contributed by atoms with Crippen molar-refractivity contribution >= 4 is 39.2 Å². The lowest BCUT2D eigenvalue weighted by atomic mass is 10.1. The highest BCUT2D eigenvalue weighted by atomic mass is 79.9. The molecule has 140 valence electrons. The zero-order valence-electron chi connectivity index (χ0n) is 15.0. The van der Waals surface area contributed by atoms with Crippen LogP contribution in [0.5, 0.6) is 11.5 Å². The molecule has 0 aromatic heterocycles. The topological polar surface area (TPSA) is 67.8 Å². The van der Waals surface area contributed by atoms with Gasteiger partial charge >= 0.3 is 5.97 Å². The van der Waals surface area contributed by atoms with E-state index >= 15 is 0 Å². The molecule has 0 unspecified atom stereocenters. The van der Waals surface area contributed by atoms with Crippen LogP contribution in [0.15, 0.2) is 34.8 Å². The molecular weight excluding hydrogens is 422 g/mol. The summed E-state index contributed by atoms with van der Waals surface area (Å²) in [4.78, 5) is 12.3. The summed E-state index contributed by atoms with van der Waals surface area (Å²) in [5.74, 6) is -0.0160. The first-order chi connectivity index (χ1) is 12.1. The number of halogens is 2. The maximum atomic E-state index is 12.3. The van der Waals surface area contributed by atoms with E-state index in [-0.39, 0.29) is 10.8 Å². The van der Waals surface area contributed by atoms with Crippen LogP contribution in [0.1, 0.15) is 36.7 Å². The number of hydrogen-bond donors (Lipinski definition) is 2. The van der Waals surface area contributed by atoms with Crippen LogP contribution in [-0.2, 0) is 11.3 Å². The molecule has 0 heterocycles. The zero-order chi connectivity index (χ0) is 19.5. The summed E-state index contributed by atoms with van der Waals surface area (Å²) in [5.41, 5.74) is 1.13. The van der Waals surface area contributed by atoms with E-state index in [4.69, 9.17) is 21.1 Å². The maximum absolute atomic E-state index is 12.3. The normalized spacial score (nSPS) is 11.2. The summed E-state index contributed by atoms with van der Waals surface area (Å²) in [6.07, 6.45) is 0. The molecule has 2 aromatic rings. The van der Waals surface area contributed by atoms with Crippen LogP contribution in [0.3, 0.4) is 0 Å². The van der Waals surface area contributed by atoms with Gasteiger partial charge in [-0.2, -0.15) is 0 Å². The van der Waals surface area contributed by atoms with Gasteiger partial charge in [-0.3, -0.25) is 0 Å². The molecule has 0 aliphatic carbocycles. The molecule has 0 atom stereocenters. The Labute approximate surface area is 166 Å². The van der Waals surface area contributed by atoms with Crippen molar-refractivity contribution in [3.8, 4) is 11.5 Å². The van der Waals surface area contributed by atoms with Gasteiger partial charge in [-0.1, -0.05) is 27.5 Å². The van der Waals surface area contributed by atoms with Gasteiger partial charge < -0.3 is 19.9 Å². The van der Waals surface area contributed by atoms with Crippen LogP contribution < -0.4 is 10.1 Å². The molecule has 2 N–H and O–H groups in total. The van der Waals surface area contributed by atoms with Crippen LogP contribution in [0.2, 0.25) is 5.02 Å². The number of anilines is 1. The Hall–Kier alpha value is -1.92. The van der Waals surface area contributed by atoms with Crippen molar-refractivity contribution in [1.82, 2.24) is 0 Å². The van der Waals surface area contributed by atoms with E-state index < -0.39 is 11.6 Å². The standard InChI is InChI=1S/C19H21BrClNO4/c1-19(2,3)26-18(24)14-6-5-13(9-16(14)25-4)22-10-11-7-12(20)8-15(21)17(11)23/h5-9,22-23H,10H2,1-4H3. The number of aromatic hydroxyl groups is 1. The van der Waals surface area contributed by atoms with Crippen molar-refractivity contribution in [2.75, 3.05) is 12.4 Å². The average Bonchev–Trinajstić information content (AvgIpc) is 2.54. The van der Waals surface area contributed by atoms with Crippen LogP contribution >= 0.6 is 27.5 Å². The number of nitrogens with one attached hydrogen (secondary N) is 1. The minimum atomic E-state index is -0.587. The fourth-order valence-corrected chi connectivity index (χ4v) is 3.13. The molecule has 0 saturated carbocycles. The average molecular weight is 443 g/mol. The summed E-state index contributed by atoms with van der Waals surface area (Å²) in [7, 11) is 1.49. The molecule has 0 aliphatic heterocycles. The number of rotatable bonds is 5. The van der Waals surface area contributed by atoms with Crippen molar-refractivity contribution in [2.24, 2.45) is 0 Å². The Kier molecular flexibility index (Phi) is 6.42. The highest BCUT2D eigenvalue weighted by molar-refractivity contribution is 9.10. The Morgan fingerprint density at radius 1 is 1.27 bits per heavy atom. The predicted octanol–water partition coefficient (Wildman–Crippen LogP) is 5.38. The summed E-state index contributed by atoms with van der Waals surface area (Å²) >= 11 is 9.33. The van der Waals surface area contributed by atoms with Gasteiger partial charge in [0.05, 0.1) is 12.1 Å². The fourth-order valence-electron chi connectivity index (χ4n) is 2.25. The largest absolute Gasteiger partial charge is 0.506 e. The van der Waals surface area contributed by atoms with Crippen molar-refractivity contribution in [3.05, 3.63) is 51.0 Å². The van der Waals surface area contributed by atoms with Crippen molar-refractivity contribution in [3.63, 3.8) is 0 Å². The molecule has 26 heavy (non-hydrogen) atoms. The van der Waals surface area contributed by atoms with Crippen molar-refractivity contribution in [2.45, 2.75) is 32.9 Å². The van der Waals surface area contributed by atoms with E-state index in [0.717, 1.165) is 10.2 Å². The molecule has 0 spiro atoms. The first kappa shape index (κ1) is 20.4. The number of carbonyl (C=O) groups is 1. The van der Waals surface area contributed by atoms with Crippen LogP contribution in [0, 0.1) is 0 Å². The second kappa shape index (κ2) is 8.18. The number of hydrogen-bond acceptors (Lipinski definition) is 5. The Morgan fingerprint density at radius 3 is 2.58 bits per heavy atom. The Balaban J connectivity index is 2.18. The smallest absolute Gasteiger partial charge is 0.342 e. The third-order valence-corrected chi connectivity index (χ3v) is 4.16. The van der Waals surface area contributed by atoms with Gasteiger partial charge in [-0.25, -0.2) is 4.79 Å². The number of ether oxygens (including phenoxy) is 2. The van der Waals surface area contributed by atoms with E-state index in [2.05, 4.69) is 21.2 Å². The van der Waals surface area contributed by atoms with Gasteiger partial charge in [0.1, 0.15) is 22.7 Å². The van der Waals surface area contributed by atoms with Gasteiger partial charge in [0.15, 0.2) is 0 Å². The van der Waals surface area contributed by atoms with E-state index in [1.165, 1.54) is 7.11 Å². The van der Waals surface area contributed by atoms with E-state index in [1.807, 2.05) is 20.8 Å². The number of benzene rings is 2. The summed E-state index contributed by atoms with van der Waals surface area (Å²) in [6.45, 7) is 5.77. The van der Waals surface area contributed by atoms with Crippen molar-refractivity contribution in [1.29, 1.82) is 0 Å². The van der Waals surface area contributed by atoms with E-state index in [1.54, 1.807) is 30.3 Å². The SMILES string of the molecule is COc1cc(NCc2cc(Br)cc(Cl)c2O)ccc1C(=O)OC(C)(C)C. The first-order valence-corrected chi connectivity index (χ1v) is 9.10. The monoisotopic (exact) mass is 441 g/mol. The van der Waals surface area contributed by atoms with Gasteiger partial charge in [0.2, 0.25) is 0 Å². The quantitative estimate of drug-likeness (QED) is 0.608. The molecular formula is C19H21BrClNO4. The van der Waals surface area contributed by atoms with Gasteiger partial charge in [0.25, 0.3) is 0 Å². The Bertz CT molecular complexity index is 818. The third-order valence-electron chi connectivity index (χ3n) is 3.41. The third kappa shape index (κ3) is 5.29. The van der Waals surface area contributed by atoms with E-state index in [0.29, 0.717) is 23.4 Å². The summed E-state index contributed by atoms with van der Waals surface area (Å²) < 4.78 is 11.5. The van der Waals surface area contributed by atoms with Crippen LogP contribution in [0.25, 0.3) is 0 Å². The van der Waals surface area contributed by atoms with E-state index in [9.17, 15) is 9.90 Å². The van der Waals surface area contributed by atoms with Gasteiger partial charge in [0, 0.05) is 28.3 Å². The zero-order valence-corrected chi connectivity index (χ0v) is 17.4. The fraction of sp³-hybridized carbons (Fsp3) is 0.316. The molecule has 2 rings (SSSR count). The molecule has 0 radical (unpaired) electrons. The van der Waals surface area contributed by atoms with Crippen LogP contribution in [0.4, 0.5) is 5.69 Å². The number of esters is 1. The van der Waals surface area contributed by atoms with Crippen LogP contribution in [-0.4, -0.2) is 23.8 Å². The van der Waals surface area contributed by atoms with Gasteiger partial charge in [-0.15, -0.1) is 0 Å². The molecule has 0 saturated heterocycles. The highest BCUT2D eigenvalue weighted by Crippen LogP contribution is 2.32.